The van der Waals surface area contributed by atoms with Crippen molar-refractivity contribution in [2.45, 2.75) is 41.5 Å². The molecule has 0 saturated heterocycles. The van der Waals surface area contributed by atoms with Crippen LogP contribution >= 0.6 is 0 Å². The molecule has 0 amide bonds. The number of aliphatic hydroxyl groups is 2. The van der Waals surface area contributed by atoms with Crippen LogP contribution in [0.25, 0.3) is 33.4 Å². The van der Waals surface area contributed by atoms with Crippen molar-refractivity contribution in [2.75, 3.05) is 52.8 Å². The number of aryl methyl sites for hydroxylation is 2. The second-order valence-corrected chi connectivity index (χ2v) is 15.3. The normalized spacial score (nSPS) is 15.2. The molecule has 2 aliphatic carbocycles. The van der Waals surface area contributed by atoms with Crippen molar-refractivity contribution in [3.05, 3.63) is 106 Å². The monoisotopic (exact) mass is 816 g/mol. The van der Waals surface area contributed by atoms with Crippen molar-refractivity contribution < 1.29 is 48.6 Å². The minimum absolute atomic E-state index is 0.00433. The molecule has 0 spiro atoms. The van der Waals surface area contributed by atoms with Crippen molar-refractivity contribution >= 4 is 45.2 Å². The van der Waals surface area contributed by atoms with Gasteiger partial charge in [-0.1, -0.05) is 39.8 Å². The van der Waals surface area contributed by atoms with Crippen LogP contribution in [0.5, 0.6) is 34.5 Å². The van der Waals surface area contributed by atoms with Crippen molar-refractivity contribution in [2.24, 2.45) is 11.8 Å². The van der Waals surface area contributed by atoms with Crippen molar-refractivity contribution in [3.8, 4) is 45.6 Å². The molecular weight excluding hydrogens is 765 g/mol. The fourth-order valence-corrected chi connectivity index (χ4v) is 8.21. The first-order chi connectivity index (χ1) is 28.5. The van der Waals surface area contributed by atoms with Crippen LogP contribution in [0, 0.1) is 25.7 Å². The Labute approximate surface area is 350 Å². The van der Waals surface area contributed by atoms with Gasteiger partial charge in [0.25, 0.3) is 0 Å². The quantitative estimate of drug-likeness (QED) is 0.101. The zero-order valence-corrected chi connectivity index (χ0v) is 36.1. The van der Waals surface area contributed by atoms with E-state index >= 15 is 0 Å². The molecule has 4 aromatic rings. The Kier molecular flexibility index (Phi) is 12.0. The minimum Gasteiger partial charge on any atom is -0.507 e. The molecule has 6 rings (SSSR count). The van der Waals surface area contributed by atoms with Gasteiger partial charge in [-0.25, -0.2) is 0 Å². The van der Waals surface area contributed by atoms with E-state index in [9.17, 15) is 24.9 Å². The number of benzene rings is 4. The summed E-state index contributed by atoms with van der Waals surface area (Å²) in [5, 5.41) is 38.8. The zero-order valence-electron chi connectivity index (χ0n) is 36.1. The lowest BCUT2D eigenvalue weighted by Crippen LogP contribution is -2.22. The molecule has 0 unspecified atom stereocenters. The van der Waals surface area contributed by atoms with E-state index in [1.165, 1.54) is 27.5 Å². The number of aliphatic hydroxyl groups excluding tert-OH is 2. The third-order valence-electron chi connectivity index (χ3n) is 11.0. The molecule has 0 aliphatic heterocycles. The van der Waals surface area contributed by atoms with Crippen LogP contribution in [0.3, 0.4) is 0 Å². The van der Waals surface area contributed by atoms with E-state index in [0.29, 0.717) is 84.5 Å². The molecule has 4 N–H and O–H groups in total. The Morgan fingerprint density at radius 2 is 1.13 bits per heavy atom. The summed E-state index contributed by atoms with van der Waals surface area (Å²) in [6.45, 7) is 11.2. The summed E-state index contributed by atoms with van der Waals surface area (Å²) in [5.74, 6) is -0.517. The van der Waals surface area contributed by atoms with E-state index in [4.69, 9.17) is 23.7 Å². The van der Waals surface area contributed by atoms with Gasteiger partial charge in [0.05, 0.1) is 58.1 Å². The predicted molar refractivity (Wildman–Crippen MR) is 235 cm³/mol. The summed E-state index contributed by atoms with van der Waals surface area (Å²) in [5.41, 5.74) is 5.84. The highest BCUT2D eigenvalue weighted by Crippen LogP contribution is 2.54. The molecule has 2 aliphatic rings. The fourth-order valence-electron chi connectivity index (χ4n) is 8.21. The number of anilines is 2. The SMILES string of the molecule is COc1ccc(OC)c(N/C=C2\C(=O)C(O)=C(C(C)C)c3cc(C)c(-c4c(C)cc5c(c4OC)/C(=C\N(C)c4cc(OC)ccc4OC)C(=O)C(O)=C5C(C)C)c(O)c32)c1. The smallest absolute Gasteiger partial charge is 0.229 e. The number of hydrogen-bond acceptors (Lipinski definition) is 12. The molecule has 12 heteroatoms. The standard InChI is InChI=1S/C48H52N2O10/c1-23(2)37-29-17-25(5)39(45(53)41(29)31(43(51)46(37)54)21-49-33-19-27(56-8)13-15-35(33)58-10)40-26(6)18-30-38(24(3)4)47(55)44(52)32(42(30)48(40)60-12)22-50(7)34-20-28(57-9)14-16-36(34)59-11/h13-24,49,53-55H,1-12H3/b31-21-,32-22+. The third kappa shape index (κ3) is 7.16. The molecule has 0 bridgehead atoms. The fraction of sp³-hybridized carbons (Fsp3) is 0.292. The van der Waals surface area contributed by atoms with E-state index in [1.54, 1.807) is 68.8 Å². The summed E-state index contributed by atoms with van der Waals surface area (Å²) in [6, 6.07) is 14.2. The van der Waals surface area contributed by atoms with Gasteiger partial charge in [0.1, 0.15) is 34.5 Å². The van der Waals surface area contributed by atoms with E-state index in [0.717, 1.165) is 0 Å². The maximum absolute atomic E-state index is 14.4. The van der Waals surface area contributed by atoms with Crippen molar-refractivity contribution in [1.29, 1.82) is 0 Å². The summed E-state index contributed by atoms with van der Waals surface area (Å²) in [7, 11) is 9.40. The van der Waals surface area contributed by atoms with E-state index in [-0.39, 0.29) is 45.8 Å². The molecule has 0 heterocycles. The van der Waals surface area contributed by atoms with E-state index in [1.807, 2.05) is 53.7 Å². The lowest BCUT2D eigenvalue weighted by Gasteiger charge is -2.31. The lowest BCUT2D eigenvalue weighted by atomic mass is 9.75. The van der Waals surface area contributed by atoms with Crippen LogP contribution in [0.4, 0.5) is 11.4 Å². The highest BCUT2D eigenvalue weighted by molar-refractivity contribution is 6.35. The van der Waals surface area contributed by atoms with Gasteiger partial charge in [0, 0.05) is 65.0 Å². The Morgan fingerprint density at radius 3 is 1.67 bits per heavy atom. The Bertz CT molecular complexity index is 2560. The number of aromatic hydroxyl groups is 1. The highest BCUT2D eigenvalue weighted by Gasteiger charge is 2.39. The molecule has 4 aromatic carbocycles. The number of hydrogen-bond donors (Lipinski definition) is 4. The molecule has 0 aromatic heterocycles. The number of fused-ring (bicyclic) bond motifs is 2. The number of ether oxygens (including phenoxy) is 5. The number of carbonyl (C=O) groups excluding carboxylic acids is 2. The Balaban J connectivity index is 1.67. The molecule has 0 radical (unpaired) electrons. The van der Waals surface area contributed by atoms with Crippen LogP contribution in [0.15, 0.2) is 72.4 Å². The molecule has 12 nitrogen and oxygen atoms in total. The van der Waals surface area contributed by atoms with Gasteiger partial charge in [0.2, 0.25) is 11.6 Å². The maximum Gasteiger partial charge on any atom is 0.229 e. The molecule has 0 saturated carbocycles. The van der Waals surface area contributed by atoms with Gasteiger partial charge >= 0.3 is 0 Å². The molecule has 60 heavy (non-hydrogen) atoms. The van der Waals surface area contributed by atoms with Crippen LogP contribution in [0.2, 0.25) is 0 Å². The largest absolute Gasteiger partial charge is 0.507 e. The number of Topliss-reactive ketones (excluding diaryl/α,β-unsaturated/α-hetero) is 2. The van der Waals surface area contributed by atoms with Crippen LogP contribution in [-0.2, 0) is 9.59 Å². The number of phenolic OH excluding ortho intramolecular Hbond substituents is 1. The van der Waals surface area contributed by atoms with Crippen LogP contribution in [-0.4, -0.2) is 69.5 Å². The number of ketones is 2. The number of nitrogens with one attached hydrogen (secondary N) is 1. The van der Waals surface area contributed by atoms with Gasteiger partial charge in [0.15, 0.2) is 11.5 Å². The predicted octanol–water partition coefficient (Wildman–Crippen LogP) is 9.66. The average Bonchev–Trinajstić information content (AvgIpc) is 3.22. The number of allylic oxidation sites excluding steroid dienone is 4. The third-order valence-corrected chi connectivity index (χ3v) is 11.0. The number of phenols is 1. The summed E-state index contributed by atoms with van der Waals surface area (Å²) >= 11 is 0. The lowest BCUT2D eigenvalue weighted by molar-refractivity contribution is -0.113. The van der Waals surface area contributed by atoms with Gasteiger partial charge < -0.3 is 49.2 Å². The van der Waals surface area contributed by atoms with Gasteiger partial charge in [-0.15, -0.1) is 0 Å². The second kappa shape index (κ2) is 16.8. The summed E-state index contributed by atoms with van der Waals surface area (Å²) < 4.78 is 28.4. The molecule has 0 fully saturated rings. The van der Waals surface area contributed by atoms with Gasteiger partial charge in [-0.3, -0.25) is 9.59 Å². The van der Waals surface area contributed by atoms with Crippen molar-refractivity contribution in [1.82, 2.24) is 0 Å². The molecule has 0 atom stereocenters. The first kappa shape index (κ1) is 42.8. The number of nitrogens with zero attached hydrogens (tertiary/aromatic N) is 1. The Hall–Kier alpha value is -6.82. The Morgan fingerprint density at radius 1 is 0.617 bits per heavy atom. The van der Waals surface area contributed by atoms with Crippen molar-refractivity contribution in [3.63, 3.8) is 0 Å². The first-order valence-electron chi connectivity index (χ1n) is 19.5. The summed E-state index contributed by atoms with van der Waals surface area (Å²) in [6.07, 6.45) is 3.06. The van der Waals surface area contributed by atoms with E-state index in [2.05, 4.69) is 5.32 Å². The zero-order chi connectivity index (χ0) is 43.9. The van der Waals surface area contributed by atoms with Crippen LogP contribution in [0.1, 0.15) is 61.1 Å². The minimum atomic E-state index is -0.686. The number of rotatable bonds is 12. The summed E-state index contributed by atoms with van der Waals surface area (Å²) in [4.78, 5) is 30.3. The molecular formula is C48H52N2O10. The second-order valence-electron chi connectivity index (χ2n) is 15.3. The number of carbonyl (C=O) groups is 2. The highest BCUT2D eigenvalue weighted by atomic mass is 16.5. The average molecular weight is 817 g/mol. The van der Waals surface area contributed by atoms with E-state index < -0.39 is 17.3 Å². The van der Waals surface area contributed by atoms with Gasteiger partial charge in [-0.2, -0.15) is 0 Å². The maximum atomic E-state index is 14.4. The topological polar surface area (TPSA) is 156 Å². The number of methoxy groups -OCH3 is 5. The van der Waals surface area contributed by atoms with Crippen LogP contribution < -0.4 is 33.9 Å². The molecule has 314 valence electrons. The van der Waals surface area contributed by atoms with Gasteiger partial charge in [-0.05, 0) is 72.2 Å². The first-order valence-corrected chi connectivity index (χ1v) is 19.5.